The highest BCUT2D eigenvalue weighted by atomic mass is 16.5. The summed E-state index contributed by atoms with van der Waals surface area (Å²) >= 11 is 0. The minimum Gasteiger partial charge on any atom is -0.476 e. The molecule has 33 heavy (non-hydrogen) atoms. The molecule has 0 atom stereocenters. The number of aromatic carboxylic acids is 1. The van der Waals surface area contributed by atoms with E-state index in [4.69, 9.17) is 4.74 Å². The average molecular weight is 444 g/mol. The third kappa shape index (κ3) is 5.60. The van der Waals surface area contributed by atoms with E-state index in [9.17, 15) is 9.90 Å². The third-order valence-electron chi connectivity index (χ3n) is 5.15. The molecule has 0 radical (unpaired) electrons. The van der Waals surface area contributed by atoms with Gasteiger partial charge in [-0.25, -0.2) is 24.7 Å². The van der Waals surface area contributed by atoms with E-state index in [0.717, 1.165) is 17.5 Å². The van der Waals surface area contributed by atoms with Crippen LogP contribution in [0, 0.1) is 0 Å². The highest BCUT2D eigenvalue weighted by molar-refractivity contribution is 5.90. The molecule has 0 fully saturated rings. The highest BCUT2D eigenvalue weighted by Gasteiger charge is 2.17. The van der Waals surface area contributed by atoms with Crippen molar-refractivity contribution in [1.82, 2.24) is 19.9 Å². The Kier molecular flexibility index (Phi) is 7.04. The number of hydrogen-bond donors (Lipinski definition) is 1. The Morgan fingerprint density at radius 2 is 1.61 bits per heavy atom. The van der Waals surface area contributed by atoms with Crippen molar-refractivity contribution in [1.29, 1.82) is 0 Å². The topological polar surface area (TPSA) is 101 Å². The predicted molar refractivity (Wildman–Crippen MR) is 126 cm³/mol. The van der Waals surface area contributed by atoms with Crippen molar-refractivity contribution < 1.29 is 14.6 Å². The van der Waals surface area contributed by atoms with Crippen molar-refractivity contribution >= 4 is 23.0 Å². The number of aryl methyl sites for hydroxylation is 1. The van der Waals surface area contributed by atoms with E-state index in [-0.39, 0.29) is 18.2 Å². The van der Waals surface area contributed by atoms with Crippen LogP contribution in [-0.4, -0.2) is 44.2 Å². The largest absolute Gasteiger partial charge is 0.476 e. The van der Waals surface area contributed by atoms with Gasteiger partial charge < -0.3 is 14.7 Å². The number of anilines is 1. The van der Waals surface area contributed by atoms with Gasteiger partial charge in [-0.1, -0.05) is 49.4 Å². The van der Waals surface area contributed by atoms with Gasteiger partial charge in [0.1, 0.15) is 0 Å². The Labute approximate surface area is 191 Å². The summed E-state index contributed by atoms with van der Waals surface area (Å²) in [5.41, 5.74) is 3.15. The maximum atomic E-state index is 11.6. The molecule has 4 aromatic rings. The Morgan fingerprint density at radius 3 is 2.27 bits per heavy atom. The molecule has 0 unspecified atom stereocenters. The second-order valence-corrected chi connectivity index (χ2v) is 7.53. The molecule has 0 aliphatic carbocycles. The zero-order valence-corrected chi connectivity index (χ0v) is 18.4. The minimum absolute atomic E-state index is 0.0272. The maximum Gasteiger partial charge on any atom is 0.360 e. The number of carboxylic acid groups (broad SMARTS) is 1. The molecule has 0 saturated heterocycles. The van der Waals surface area contributed by atoms with Crippen molar-refractivity contribution in [3.05, 3.63) is 83.8 Å². The summed E-state index contributed by atoms with van der Waals surface area (Å²) in [7, 11) is 0. The second-order valence-electron chi connectivity index (χ2n) is 7.53. The molecule has 0 aliphatic heterocycles. The normalized spacial score (nSPS) is 10.8. The third-order valence-corrected chi connectivity index (χ3v) is 5.15. The highest BCUT2D eigenvalue weighted by Crippen LogP contribution is 2.19. The van der Waals surface area contributed by atoms with Gasteiger partial charge in [0.15, 0.2) is 0 Å². The first-order valence-corrected chi connectivity index (χ1v) is 10.9. The van der Waals surface area contributed by atoms with Crippen LogP contribution in [0.4, 0.5) is 5.95 Å². The summed E-state index contributed by atoms with van der Waals surface area (Å²) in [6.07, 6.45) is 5.20. The fourth-order valence-electron chi connectivity index (χ4n) is 3.40. The Morgan fingerprint density at radius 1 is 0.939 bits per heavy atom. The monoisotopic (exact) mass is 443 g/mol. The molecular weight excluding hydrogens is 418 g/mol. The van der Waals surface area contributed by atoms with Crippen molar-refractivity contribution in [2.45, 2.75) is 26.3 Å². The lowest BCUT2D eigenvalue weighted by Crippen LogP contribution is -2.27. The SMILES string of the molecule is CCc1cnc(N(CCCOc2nc3ccccc3nc2C(=O)O)Cc2ccccc2)nc1. The lowest BCUT2D eigenvalue weighted by atomic mass is 10.2. The van der Waals surface area contributed by atoms with E-state index in [1.165, 1.54) is 0 Å². The predicted octanol–water partition coefficient (Wildman–Crippen LogP) is 4.16. The van der Waals surface area contributed by atoms with Gasteiger partial charge in [-0.05, 0) is 36.1 Å². The fraction of sp³-hybridized carbons (Fsp3) is 0.240. The van der Waals surface area contributed by atoms with Crippen LogP contribution < -0.4 is 9.64 Å². The Balaban J connectivity index is 1.45. The van der Waals surface area contributed by atoms with Crippen LogP contribution in [0.2, 0.25) is 0 Å². The molecule has 0 amide bonds. The van der Waals surface area contributed by atoms with Crippen LogP contribution in [0.15, 0.2) is 67.0 Å². The molecule has 2 aromatic heterocycles. The lowest BCUT2D eigenvalue weighted by Gasteiger charge is -2.23. The van der Waals surface area contributed by atoms with Gasteiger partial charge in [0.05, 0.1) is 17.6 Å². The van der Waals surface area contributed by atoms with Gasteiger partial charge >= 0.3 is 5.97 Å². The standard InChI is InChI=1S/C25H25N5O3/c1-2-18-15-26-25(27-16-18)30(17-19-9-4-3-5-10-19)13-8-14-33-23-22(24(31)32)28-20-11-6-7-12-21(20)29-23/h3-7,9-12,15-16H,2,8,13-14,17H2,1H3,(H,31,32). The maximum absolute atomic E-state index is 11.6. The van der Waals surface area contributed by atoms with Gasteiger partial charge in [0.2, 0.25) is 17.5 Å². The van der Waals surface area contributed by atoms with Crippen molar-refractivity contribution in [2.24, 2.45) is 0 Å². The Hall–Kier alpha value is -4.07. The van der Waals surface area contributed by atoms with Crippen LogP contribution in [0.3, 0.4) is 0 Å². The quantitative estimate of drug-likeness (QED) is 0.365. The summed E-state index contributed by atoms with van der Waals surface area (Å²) in [6, 6.07) is 17.2. The number of aromatic nitrogens is 4. The molecule has 0 saturated carbocycles. The summed E-state index contributed by atoms with van der Waals surface area (Å²) in [5.74, 6) is -0.495. The zero-order valence-electron chi connectivity index (χ0n) is 18.4. The molecule has 2 aromatic carbocycles. The van der Waals surface area contributed by atoms with Gasteiger partial charge in [-0.15, -0.1) is 0 Å². The van der Waals surface area contributed by atoms with E-state index >= 15 is 0 Å². The van der Waals surface area contributed by atoms with Crippen LogP contribution >= 0.6 is 0 Å². The smallest absolute Gasteiger partial charge is 0.360 e. The van der Waals surface area contributed by atoms with Gasteiger partial charge in [0, 0.05) is 25.5 Å². The molecular formula is C25H25N5O3. The summed E-state index contributed by atoms with van der Waals surface area (Å²) in [5, 5.41) is 9.52. The average Bonchev–Trinajstić information content (AvgIpc) is 2.86. The van der Waals surface area contributed by atoms with Crippen molar-refractivity contribution in [3.63, 3.8) is 0 Å². The molecule has 1 N–H and O–H groups in total. The van der Waals surface area contributed by atoms with E-state index in [0.29, 0.717) is 36.5 Å². The van der Waals surface area contributed by atoms with E-state index in [1.54, 1.807) is 18.2 Å². The molecule has 0 spiro atoms. The molecule has 4 rings (SSSR count). The fourth-order valence-corrected chi connectivity index (χ4v) is 3.40. The lowest BCUT2D eigenvalue weighted by molar-refractivity contribution is 0.0684. The van der Waals surface area contributed by atoms with E-state index < -0.39 is 5.97 Å². The van der Waals surface area contributed by atoms with Crippen molar-refractivity contribution in [2.75, 3.05) is 18.1 Å². The van der Waals surface area contributed by atoms with Crippen LogP contribution in [0.25, 0.3) is 11.0 Å². The number of rotatable bonds is 10. The number of carboxylic acids is 1. The summed E-state index contributed by atoms with van der Waals surface area (Å²) in [4.78, 5) is 31.3. The summed E-state index contributed by atoms with van der Waals surface area (Å²) in [6.45, 7) is 3.64. The molecule has 0 aliphatic rings. The Bertz CT molecular complexity index is 1220. The number of benzene rings is 2. The number of carbonyl (C=O) groups is 1. The van der Waals surface area contributed by atoms with Gasteiger partial charge in [-0.2, -0.15) is 0 Å². The summed E-state index contributed by atoms with van der Waals surface area (Å²) < 4.78 is 5.76. The number of hydrogen-bond acceptors (Lipinski definition) is 7. The van der Waals surface area contributed by atoms with Crippen LogP contribution in [0.5, 0.6) is 5.88 Å². The zero-order chi connectivity index (χ0) is 23.0. The number of para-hydroxylation sites is 2. The van der Waals surface area contributed by atoms with E-state index in [1.807, 2.05) is 36.7 Å². The number of ether oxygens (including phenoxy) is 1. The second kappa shape index (κ2) is 10.5. The number of fused-ring (bicyclic) bond motifs is 1. The number of nitrogens with zero attached hydrogens (tertiary/aromatic N) is 5. The molecule has 168 valence electrons. The van der Waals surface area contributed by atoms with Crippen molar-refractivity contribution in [3.8, 4) is 5.88 Å². The van der Waals surface area contributed by atoms with Gasteiger partial charge in [-0.3, -0.25) is 0 Å². The molecule has 0 bridgehead atoms. The van der Waals surface area contributed by atoms with E-state index in [2.05, 4.69) is 43.9 Å². The van der Waals surface area contributed by atoms with Crippen LogP contribution in [0.1, 0.15) is 35.0 Å². The first kappa shape index (κ1) is 22.1. The molecule has 2 heterocycles. The first-order valence-electron chi connectivity index (χ1n) is 10.9. The molecule has 8 nitrogen and oxygen atoms in total. The minimum atomic E-state index is -1.17. The molecule has 8 heteroatoms. The van der Waals surface area contributed by atoms with Crippen LogP contribution in [-0.2, 0) is 13.0 Å². The van der Waals surface area contributed by atoms with Gasteiger partial charge in [0.25, 0.3) is 0 Å². The first-order chi connectivity index (χ1) is 16.1.